The Balaban J connectivity index is 0.895. The average molecular weight is 831 g/mol. The first-order valence-electron chi connectivity index (χ1n) is 20.8. The summed E-state index contributed by atoms with van der Waals surface area (Å²) in [4.78, 5) is 4.72. The lowest BCUT2D eigenvalue weighted by Gasteiger charge is -2.26. The fourth-order valence-electron chi connectivity index (χ4n) is 9.06. The van der Waals surface area contributed by atoms with Gasteiger partial charge in [-0.25, -0.2) is 0 Å². The highest BCUT2D eigenvalue weighted by atomic mass is 32.1. The van der Waals surface area contributed by atoms with Crippen LogP contribution in [0.1, 0.15) is 0 Å². The van der Waals surface area contributed by atoms with Gasteiger partial charge >= 0.3 is 0 Å². The van der Waals surface area contributed by atoms with E-state index < -0.39 is 0 Å². The number of hydrogen-bond acceptors (Lipinski definition) is 4. The number of para-hydroxylation sites is 4. The normalized spacial score (nSPS) is 11.5. The zero-order valence-electron chi connectivity index (χ0n) is 33.5. The first kappa shape index (κ1) is 36.2. The monoisotopic (exact) mass is 830 g/mol. The second kappa shape index (κ2) is 15.1. The predicted molar refractivity (Wildman–Crippen MR) is 266 cm³/mol. The minimum atomic E-state index is 1.10. The fraction of sp³-hybridized carbons (Fsp3) is 0. The molecule has 8 aromatic carbocycles. The second-order valence-electron chi connectivity index (χ2n) is 15.5. The van der Waals surface area contributed by atoms with Gasteiger partial charge in [-0.3, -0.25) is 0 Å². The van der Waals surface area contributed by atoms with Crippen molar-refractivity contribution in [3.63, 3.8) is 0 Å². The third kappa shape index (κ3) is 6.11. The summed E-state index contributed by atoms with van der Waals surface area (Å²) in [5.41, 5.74) is 16.3. The maximum atomic E-state index is 2.38. The van der Waals surface area contributed by atoms with Crippen LogP contribution in [-0.2, 0) is 0 Å². The molecule has 0 radical (unpaired) electrons. The number of hydrogen-bond donors (Lipinski definition) is 0. The van der Waals surface area contributed by atoms with Crippen molar-refractivity contribution in [2.45, 2.75) is 0 Å². The summed E-state index contributed by atoms with van der Waals surface area (Å²) in [6.45, 7) is 0. The molecule has 0 aliphatic heterocycles. The zero-order valence-corrected chi connectivity index (χ0v) is 35.2. The van der Waals surface area contributed by atoms with Crippen LogP contribution in [0.2, 0.25) is 0 Å². The van der Waals surface area contributed by atoms with Crippen LogP contribution in [0.15, 0.2) is 229 Å². The van der Waals surface area contributed by atoms with Gasteiger partial charge in [-0.05, 0) is 143 Å². The molecule has 0 amide bonds. The number of nitrogens with zero attached hydrogens (tertiary/aromatic N) is 4. The summed E-state index contributed by atoms with van der Waals surface area (Å²) >= 11 is 3.60. The van der Waals surface area contributed by atoms with Gasteiger partial charge in [0.2, 0.25) is 0 Å². The number of thiophene rings is 2. The molecule has 12 aromatic rings. The Hall–Kier alpha value is -7.64. The number of anilines is 6. The smallest absolute Gasteiger partial charge is 0.0648 e. The lowest BCUT2D eigenvalue weighted by molar-refractivity contribution is 1.18. The number of aromatic nitrogens is 2. The molecule has 294 valence electrons. The fourth-order valence-corrected chi connectivity index (χ4v) is 10.9. The van der Waals surface area contributed by atoms with Crippen molar-refractivity contribution < 1.29 is 0 Å². The van der Waals surface area contributed by atoms with E-state index in [4.69, 9.17) is 0 Å². The van der Waals surface area contributed by atoms with Crippen LogP contribution in [0.5, 0.6) is 0 Å². The number of benzene rings is 8. The third-order valence-corrected chi connectivity index (χ3v) is 13.7. The van der Waals surface area contributed by atoms with Crippen LogP contribution in [0.4, 0.5) is 34.1 Å². The molecule has 4 aromatic heterocycles. The zero-order chi connectivity index (χ0) is 41.0. The molecular formula is C56H38N4S2. The lowest BCUT2D eigenvalue weighted by atomic mass is 10.0. The molecule has 6 heteroatoms. The third-order valence-electron chi connectivity index (χ3n) is 11.9. The van der Waals surface area contributed by atoms with Crippen LogP contribution in [0, 0.1) is 0 Å². The largest absolute Gasteiger partial charge is 0.310 e. The summed E-state index contributed by atoms with van der Waals surface area (Å²) in [6, 6.07) is 78.8. The van der Waals surface area contributed by atoms with Crippen molar-refractivity contribution in [2.75, 3.05) is 9.80 Å². The molecule has 0 unspecified atom stereocenters. The number of rotatable bonds is 9. The van der Waals surface area contributed by atoms with Gasteiger partial charge in [0.05, 0.1) is 31.5 Å². The highest BCUT2D eigenvalue weighted by molar-refractivity contribution is 7.18. The minimum absolute atomic E-state index is 1.10. The van der Waals surface area contributed by atoms with Gasteiger partial charge in [-0.15, -0.1) is 22.7 Å². The maximum Gasteiger partial charge on any atom is 0.0648 e. The van der Waals surface area contributed by atoms with E-state index in [9.17, 15) is 0 Å². The van der Waals surface area contributed by atoms with Gasteiger partial charge in [0.25, 0.3) is 0 Å². The quantitative estimate of drug-likeness (QED) is 0.144. The maximum absolute atomic E-state index is 2.38. The summed E-state index contributed by atoms with van der Waals surface area (Å²) in [5.74, 6) is 0. The molecule has 0 spiro atoms. The van der Waals surface area contributed by atoms with Crippen LogP contribution in [-0.4, -0.2) is 9.13 Å². The summed E-state index contributed by atoms with van der Waals surface area (Å²) in [7, 11) is 0. The Kier molecular flexibility index (Phi) is 8.84. The van der Waals surface area contributed by atoms with E-state index in [0.29, 0.717) is 0 Å². The van der Waals surface area contributed by atoms with Gasteiger partial charge in [-0.2, -0.15) is 0 Å². The molecule has 4 heterocycles. The Morgan fingerprint density at radius 1 is 0.290 bits per heavy atom. The summed E-state index contributed by atoms with van der Waals surface area (Å²) in [6.07, 6.45) is 0. The molecule has 0 fully saturated rings. The van der Waals surface area contributed by atoms with Crippen LogP contribution >= 0.6 is 22.7 Å². The standard InChI is InChI=1S/C56H38N4S2/c1-5-13-41(14-6-1)57(47-29-31-51-49(37-47)55-53(33-35-61-55)59(51)43-17-9-3-10-18-43)45-25-21-39(22-26-45)40-23-27-46(28-24-40)58(42-15-7-2-8-16-42)48-30-32-52-50(38-48)56-54(34-36-62-56)60(52)44-19-11-4-12-20-44/h1-38H. The average Bonchev–Trinajstić information content (AvgIpc) is 4.14. The van der Waals surface area contributed by atoms with Gasteiger partial charge in [0.15, 0.2) is 0 Å². The molecule has 0 aliphatic carbocycles. The van der Waals surface area contributed by atoms with E-state index in [2.05, 4.69) is 248 Å². The van der Waals surface area contributed by atoms with Gasteiger partial charge in [0, 0.05) is 56.3 Å². The van der Waals surface area contributed by atoms with Crippen molar-refractivity contribution >= 4 is 99.0 Å². The first-order valence-corrected chi connectivity index (χ1v) is 22.6. The van der Waals surface area contributed by atoms with Crippen LogP contribution in [0.3, 0.4) is 0 Å². The van der Waals surface area contributed by atoms with Crippen molar-refractivity contribution in [3.8, 4) is 22.5 Å². The van der Waals surface area contributed by atoms with Crippen molar-refractivity contribution in [1.82, 2.24) is 9.13 Å². The van der Waals surface area contributed by atoms with Gasteiger partial charge in [-0.1, -0.05) is 97.1 Å². The predicted octanol–water partition coefficient (Wildman–Crippen LogP) is 16.6. The Bertz CT molecular complexity index is 3260. The Morgan fingerprint density at radius 2 is 0.629 bits per heavy atom. The van der Waals surface area contributed by atoms with Crippen LogP contribution < -0.4 is 9.80 Å². The molecule has 0 atom stereocenters. The van der Waals surface area contributed by atoms with Crippen molar-refractivity contribution in [1.29, 1.82) is 0 Å². The SMILES string of the molecule is c1ccc(N(c2ccc(-c3ccc(N(c4ccccc4)c4ccc5c(c4)c4sccc4n5-c4ccccc4)cc3)cc2)c2ccc3c(c2)c2sccc2n3-c2ccccc2)cc1. The lowest BCUT2D eigenvalue weighted by Crippen LogP contribution is -2.10. The molecule has 0 saturated carbocycles. The van der Waals surface area contributed by atoms with Gasteiger partial charge < -0.3 is 18.9 Å². The molecule has 0 aliphatic rings. The van der Waals surface area contributed by atoms with Crippen LogP contribution in [0.25, 0.3) is 64.7 Å². The van der Waals surface area contributed by atoms with E-state index in [1.54, 1.807) is 22.7 Å². The minimum Gasteiger partial charge on any atom is -0.310 e. The Labute approximate surface area is 367 Å². The summed E-state index contributed by atoms with van der Waals surface area (Å²) in [5, 5.41) is 6.90. The molecule has 62 heavy (non-hydrogen) atoms. The van der Waals surface area contributed by atoms with Crippen molar-refractivity contribution in [2.24, 2.45) is 0 Å². The number of fused-ring (bicyclic) bond motifs is 6. The molecule has 4 nitrogen and oxygen atoms in total. The van der Waals surface area contributed by atoms with Crippen molar-refractivity contribution in [3.05, 3.63) is 229 Å². The topological polar surface area (TPSA) is 16.3 Å². The Morgan fingerprint density at radius 3 is 1.02 bits per heavy atom. The highest BCUT2D eigenvalue weighted by Crippen LogP contribution is 2.44. The molecule has 0 bridgehead atoms. The summed E-state index contributed by atoms with van der Waals surface area (Å²) < 4.78 is 7.35. The first-order chi connectivity index (χ1) is 30.8. The highest BCUT2D eigenvalue weighted by Gasteiger charge is 2.20. The second-order valence-corrected chi connectivity index (χ2v) is 17.3. The van der Waals surface area contributed by atoms with E-state index in [-0.39, 0.29) is 0 Å². The van der Waals surface area contributed by atoms with E-state index in [1.165, 1.54) is 64.7 Å². The van der Waals surface area contributed by atoms with E-state index in [1.807, 2.05) is 0 Å². The molecule has 12 rings (SSSR count). The molecule has 0 saturated heterocycles. The van der Waals surface area contributed by atoms with E-state index in [0.717, 1.165) is 34.1 Å². The van der Waals surface area contributed by atoms with E-state index >= 15 is 0 Å². The van der Waals surface area contributed by atoms with Gasteiger partial charge in [0.1, 0.15) is 0 Å². The molecule has 0 N–H and O–H groups in total. The molecular weight excluding hydrogens is 793 g/mol.